The van der Waals surface area contributed by atoms with E-state index in [-0.39, 0.29) is 5.38 Å². The summed E-state index contributed by atoms with van der Waals surface area (Å²) in [4.78, 5) is 0. The van der Waals surface area contributed by atoms with Crippen LogP contribution in [0.25, 0.3) is 11.8 Å². The van der Waals surface area contributed by atoms with Gasteiger partial charge < -0.3 is 4.74 Å². The molecule has 1 aliphatic rings. The molecule has 0 radical (unpaired) electrons. The third kappa shape index (κ3) is 1.72. The molecule has 0 saturated carbocycles. The van der Waals surface area contributed by atoms with Crippen LogP contribution in [0.3, 0.4) is 0 Å². The number of benzene rings is 2. The molecule has 0 fully saturated rings. The lowest BCUT2D eigenvalue weighted by Gasteiger charge is -2.13. The molecule has 18 heavy (non-hydrogen) atoms. The van der Waals surface area contributed by atoms with Gasteiger partial charge in [-0.05, 0) is 22.8 Å². The van der Waals surface area contributed by atoms with Crippen molar-refractivity contribution in [1.29, 1.82) is 0 Å². The van der Waals surface area contributed by atoms with E-state index in [1.54, 1.807) is 7.11 Å². The Morgan fingerprint density at radius 1 is 0.944 bits per heavy atom. The predicted octanol–water partition coefficient (Wildman–Crippen LogP) is 4.47. The van der Waals surface area contributed by atoms with E-state index in [1.807, 2.05) is 30.3 Å². The fourth-order valence-corrected chi connectivity index (χ4v) is 2.76. The van der Waals surface area contributed by atoms with E-state index in [0.29, 0.717) is 0 Å². The Bertz CT molecular complexity index is 616. The third-order valence-corrected chi connectivity index (χ3v) is 3.75. The van der Waals surface area contributed by atoms with Gasteiger partial charge in [-0.2, -0.15) is 0 Å². The van der Waals surface area contributed by atoms with Crippen molar-refractivity contribution < 1.29 is 4.74 Å². The van der Waals surface area contributed by atoms with E-state index in [1.165, 1.54) is 0 Å². The average Bonchev–Trinajstić information content (AvgIpc) is 2.55. The van der Waals surface area contributed by atoms with Gasteiger partial charge in [0.1, 0.15) is 5.76 Å². The predicted molar refractivity (Wildman–Crippen MR) is 75.5 cm³/mol. The second-order valence-electron chi connectivity index (χ2n) is 4.29. The zero-order valence-corrected chi connectivity index (χ0v) is 10.8. The lowest BCUT2D eigenvalue weighted by Crippen LogP contribution is -1.97. The van der Waals surface area contributed by atoms with Crippen molar-refractivity contribution in [2.75, 3.05) is 7.11 Å². The maximum Gasteiger partial charge on any atom is 0.127 e. The van der Waals surface area contributed by atoms with Crippen LogP contribution in [0.2, 0.25) is 0 Å². The highest BCUT2D eigenvalue weighted by Gasteiger charge is 2.22. The van der Waals surface area contributed by atoms with Gasteiger partial charge in [-0.3, -0.25) is 0 Å². The molecule has 0 heterocycles. The van der Waals surface area contributed by atoms with Gasteiger partial charge in [0.05, 0.1) is 12.5 Å². The molecule has 0 aromatic heterocycles. The fraction of sp³-hybridized carbons (Fsp3) is 0.125. The molecule has 2 aromatic rings. The topological polar surface area (TPSA) is 9.23 Å². The third-order valence-electron chi connectivity index (χ3n) is 3.27. The normalized spacial score (nSPS) is 17.2. The SMILES string of the molecule is COC1=Cc2ccccc2C(Cl)c2ccccc21. The van der Waals surface area contributed by atoms with Crippen LogP contribution in [-0.2, 0) is 4.74 Å². The number of alkyl halides is 1. The van der Waals surface area contributed by atoms with Crippen LogP contribution in [0.1, 0.15) is 27.6 Å². The number of ether oxygens (including phenoxy) is 1. The maximum atomic E-state index is 6.62. The number of halogens is 1. The van der Waals surface area contributed by atoms with Gasteiger partial charge >= 0.3 is 0 Å². The van der Waals surface area contributed by atoms with Crippen molar-refractivity contribution in [3.05, 3.63) is 70.8 Å². The summed E-state index contributed by atoms with van der Waals surface area (Å²) in [6, 6.07) is 16.3. The highest BCUT2D eigenvalue weighted by atomic mass is 35.5. The summed E-state index contributed by atoms with van der Waals surface area (Å²) in [6.45, 7) is 0. The Morgan fingerprint density at radius 2 is 1.61 bits per heavy atom. The van der Waals surface area contributed by atoms with Gasteiger partial charge in [-0.15, -0.1) is 11.6 Å². The van der Waals surface area contributed by atoms with Gasteiger partial charge in [0.2, 0.25) is 0 Å². The van der Waals surface area contributed by atoms with E-state index in [9.17, 15) is 0 Å². The lowest BCUT2D eigenvalue weighted by atomic mass is 9.99. The minimum Gasteiger partial charge on any atom is -0.496 e. The van der Waals surface area contributed by atoms with Crippen LogP contribution in [0.15, 0.2) is 48.5 Å². The summed E-state index contributed by atoms with van der Waals surface area (Å²) < 4.78 is 5.51. The first-order chi connectivity index (χ1) is 8.81. The summed E-state index contributed by atoms with van der Waals surface area (Å²) in [7, 11) is 1.69. The first kappa shape index (κ1) is 11.4. The standard InChI is InChI=1S/C16H13ClO/c1-18-15-10-11-6-2-3-7-12(11)16(17)14-9-5-4-8-13(14)15/h2-10,16H,1H3. The summed E-state index contributed by atoms with van der Waals surface area (Å²) in [5.41, 5.74) is 4.40. The quantitative estimate of drug-likeness (QED) is 0.684. The molecule has 2 aromatic carbocycles. The van der Waals surface area contributed by atoms with Crippen LogP contribution < -0.4 is 0 Å². The molecule has 0 amide bonds. The minimum absolute atomic E-state index is 0.138. The monoisotopic (exact) mass is 256 g/mol. The van der Waals surface area contributed by atoms with E-state index in [4.69, 9.17) is 16.3 Å². The molecule has 1 nitrogen and oxygen atoms in total. The van der Waals surface area contributed by atoms with Gasteiger partial charge in [-0.25, -0.2) is 0 Å². The van der Waals surface area contributed by atoms with E-state index in [2.05, 4.69) is 24.3 Å². The number of fused-ring (bicyclic) bond motifs is 2. The number of hydrogen-bond donors (Lipinski definition) is 0. The van der Waals surface area contributed by atoms with Gasteiger partial charge in [0.15, 0.2) is 0 Å². The van der Waals surface area contributed by atoms with Gasteiger partial charge in [0.25, 0.3) is 0 Å². The molecule has 3 rings (SSSR count). The molecule has 1 unspecified atom stereocenters. The van der Waals surface area contributed by atoms with Gasteiger partial charge in [-0.1, -0.05) is 48.5 Å². The first-order valence-corrected chi connectivity index (χ1v) is 6.33. The average molecular weight is 257 g/mol. The molecule has 0 saturated heterocycles. The summed E-state index contributed by atoms with van der Waals surface area (Å²) in [5.74, 6) is 0.862. The van der Waals surface area contributed by atoms with E-state index >= 15 is 0 Å². The molecule has 0 N–H and O–H groups in total. The Kier molecular flexibility index (Phi) is 2.85. The Labute approximate surface area is 112 Å². The molecule has 2 heteroatoms. The van der Waals surface area contributed by atoms with Crippen molar-refractivity contribution >= 4 is 23.4 Å². The summed E-state index contributed by atoms with van der Waals surface area (Å²) in [6.07, 6.45) is 2.05. The highest BCUT2D eigenvalue weighted by molar-refractivity contribution is 6.23. The smallest absolute Gasteiger partial charge is 0.127 e. The molecule has 0 aliphatic heterocycles. The largest absolute Gasteiger partial charge is 0.496 e. The summed E-state index contributed by atoms with van der Waals surface area (Å²) in [5, 5.41) is -0.138. The maximum absolute atomic E-state index is 6.62. The molecular formula is C16H13ClO. The van der Waals surface area contributed by atoms with E-state index < -0.39 is 0 Å². The zero-order valence-electron chi connectivity index (χ0n) is 10.1. The molecule has 1 atom stereocenters. The Morgan fingerprint density at radius 3 is 2.39 bits per heavy atom. The van der Waals surface area contributed by atoms with Crippen molar-refractivity contribution in [1.82, 2.24) is 0 Å². The number of rotatable bonds is 1. The van der Waals surface area contributed by atoms with E-state index in [0.717, 1.165) is 28.0 Å². The highest BCUT2D eigenvalue weighted by Crippen LogP contribution is 2.39. The van der Waals surface area contributed by atoms with Crippen LogP contribution in [0, 0.1) is 0 Å². The van der Waals surface area contributed by atoms with Crippen LogP contribution in [-0.4, -0.2) is 7.11 Å². The molecule has 0 bridgehead atoms. The van der Waals surface area contributed by atoms with Crippen LogP contribution >= 0.6 is 11.6 Å². The molecule has 1 aliphatic carbocycles. The minimum atomic E-state index is -0.138. The van der Waals surface area contributed by atoms with Gasteiger partial charge in [0, 0.05) is 5.56 Å². The van der Waals surface area contributed by atoms with Crippen molar-refractivity contribution in [2.24, 2.45) is 0 Å². The van der Waals surface area contributed by atoms with Crippen molar-refractivity contribution in [2.45, 2.75) is 5.38 Å². The van der Waals surface area contributed by atoms with Crippen molar-refractivity contribution in [3.8, 4) is 0 Å². The van der Waals surface area contributed by atoms with Crippen molar-refractivity contribution in [3.63, 3.8) is 0 Å². The second-order valence-corrected chi connectivity index (χ2v) is 4.73. The lowest BCUT2D eigenvalue weighted by molar-refractivity contribution is 0.372. The van der Waals surface area contributed by atoms with Crippen LogP contribution in [0.4, 0.5) is 0 Å². The molecule has 0 spiro atoms. The second kappa shape index (κ2) is 4.51. The molecular weight excluding hydrogens is 244 g/mol. The Hall–Kier alpha value is -1.73. The number of methoxy groups -OCH3 is 1. The first-order valence-electron chi connectivity index (χ1n) is 5.89. The zero-order chi connectivity index (χ0) is 12.5. The number of hydrogen-bond acceptors (Lipinski definition) is 1. The molecule has 90 valence electrons. The summed E-state index contributed by atoms with van der Waals surface area (Å²) >= 11 is 6.62. The fourth-order valence-electron chi connectivity index (χ4n) is 2.37. The van der Waals surface area contributed by atoms with Crippen LogP contribution in [0.5, 0.6) is 0 Å². The Balaban J connectivity index is 2.31.